The first-order chi connectivity index (χ1) is 14.2. The average Bonchev–Trinajstić information content (AvgIpc) is 3.27. The molecule has 4 aromatic carbocycles. The summed E-state index contributed by atoms with van der Waals surface area (Å²) >= 11 is 0. The Labute approximate surface area is 171 Å². The fourth-order valence-electron chi connectivity index (χ4n) is 4.12. The Morgan fingerprint density at radius 1 is 0.655 bits per heavy atom. The zero-order valence-corrected chi connectivity index (χ0v) is 16.9. The van der Waals surface area contributed by atoms with Gasteiger partial charge in [0.1, 0.15) is 24.5 Å². The van der Waals surface area contributed by atoms with E-state index in [1.54, 1.807) is 0 Å². The van der Waals surface area contributed by atoms with Gasteiger partial charge >= 0.3 is 0 Å². The molecule has 2 heteroatoms. The van der Waals surface area contributed by atoms with Crippen molar-refractivity contribution in [2.45, 2.75) is 25.9 Å². The summed E-state index contributed by atoms with van der Waals surface area (Å²) < 4.78 is 4.59. The number of fused-ring (bicyclic) bond motifs is 2. The minimum atomic E-state index is 0.282. The number of imidazole rings is 1. The van der Waals surface area contributed by atoms with Crippen LogP contribution in [0.2, 0.25) is 0 Å². The predicted octanol–water partition coefficient (Wildman–Crippen LogP) is 6.30. The molecule has 0 N–H and O–H groups in total. The SMILES string of the molecule is CC(c1ccc2ccccc2c1)n1cc[n+](C(C)c2ccc3ccccc3c2)c1. The standard InChI is InChI=1S/C27H25N2/c1-20(24-13-11-22-7-3-5-9-26(22)17-24)28-15-16-29(19-28)21(2)25-14-12-23-8-4-6-10-27(23)18-25/h3-21H,1-2H3/q+1. The molecule has 2 nitrogen and oxygen atoms in total. The maximum Gasteiger partial charge on any atom is 0.244 e. The highest BCUT2D eigenvalue weighted by Crippen LogP contribution is 2.24. The van der Waals surface area contributed by atoms with Crippen LogP contribution in [0.25, 0.3) is 21.5 Å². The molecule has 0 bridgehead atoms. The van der Waals surface area contributed by atoms with Crippen molar-refractivity contribution in [3.8, 4) is 0 Å². The van der Waals surface area contributed by atoms with E-state index in [0.717, 1.165) is 0 Å². The Kier molecular flexibility index (Phi) is 4.40. The van der Waals surface area contributed by atoms with Gasteiger partial charge in [0.25, 0.3) is 0 Å². The lowest BCUT2D eigenvalue weighted by Gasteiger charge is -2.11. The molecule has 2 unspecified atom stereocenters. The summed E-state index contributed by atoms with van der Waals surface area (Å²) in [5, 5.41) is 5.16. The van der Waals surface area contributed by atoms with Gasteiger partial charge in [0.2, 0.25) is 6.33 Å². The summed E-state index contributed by atoms with van der Waals surface area (Å²) in [5.74, 6) is 0. The van der Waals surface area contributed by atoms with Gasteiger partial charge in [-0.25, -0.2) is 9.13 Å². The molecule has 0 aliphatic rings. The summed E-state index contributed by atoms with van der Waals surface area (Å²) in [6, 6.07) is 31.2. The van der Waals surface area contributed by atoms with Crippen molar-refractivity contribution < 1.29 is 4.57 Å². The molecule has 0 saturated carbocycles. The van der Waals surface area contributed by atoms with Crippen LogP contribution in [0.15, 0.2) is 104 Å². The van der Waals surface area contributed by atoms with E-state index in [1.165, 1.54) is 32.7 Å². The number of aromatic nitrogens is 2. The molecule has 0 spiro atoms. The highest BCUT2D eigenvalue weighted by atomic mass is 15.1. The first kappa shape index (κ1) is 17.7. The molecule has 1 heterocycles. The van der Waals surface area contributed by atoms with E-state index in [-0.39, 0.29) is 12.1 Å². The second kappa shape index (κ2) is 7.21. The smallest absolute Gasteiger partial charge is 0.230 e. The second-order valence-corrected chi connectivity index (χ2v) is 7.87. The largest absolute Gasteiger partial charge is 0.244 e. The van der Waals surface area contributed by atoms with E-state index < -0.39 is 0 Å². The number of nitrogens with zero attached hydrogens (tertiary/aromatic N) is 2. The van der Waals surface area contributed by atoms with Crippen molar-refractivity contribution in [1.29, 1.82) is 0 Å². The molecule has 0 saturated heterocycles. The summed E-state index contributed by atoms with van der Waals surface area (Å²) in [6.45, 7) is 4.52. The topological polar surface area (TPSA) is 8.81 Å². The summed E-state index contributed by atoms with van der Waals surface area (Å²) in [7, 11) is 0. The van der Waals surface area contributed by atoms with Crippen LogP contribution in [-0.4, -0.2) is 4.57 Å². The minimum Gasteiger partial charge on any atom is -0.230 e. The van der Waals surface area contributed by atoms with Gasteiger partial charge in [0.05, 0.1) is 0 Å². The Morgan fingerprint density at radius 3 is 1.86 bits per heavy atom. The third kappa shape index (κ3) is 3.31. The van der Waals surface area contributed by atoms with Gasteiger partial charge < -0.3 is 0 Å². The lowest BCUT2D eigenvalue weighted by molar-refractivity contribution is -0.710. The molecule has 5 aromatic rings. The van der Waals surface area contributed by atoms with Gasteiger partial charge in [0.15, 0.2) is 0 Å². The first-order valence-electron chi connectivity index (χ1n) is 10.2. The Balaban J connectivity index is 1.43. The van der Waals surface area contributed by atoms with Crippen molar-refractivity contribution in [3.63, 3.8) is 0 Å². The summed E-state index contributed by atoms with van der Waals surface area (Å²) in [4.78, 5) is 0. The van der Waals surface area contributed by atoms with Crippen LogP contribution < -0.4 is 4.57 Å². The third-order valence-corrected chi connectivity index (χ3v) is 6.08. The zero-order chi connectivity index (χ0) is 19.8. The fourth-order valence-corrected chi connectivity index (χ4v) is 4.12. The maximum atomic E-state index is 2.30. The Morgan fingerprint density at radius 2 is 1.21 bits per heavy atom. The zero-order valence-electron chi connectivity index (χ0n) is 16.9. The normalized spacial score (nSPS) is 13.6. The van der Waals surface area contributed by atoms with Crippen LogP contribution in [-0.2, 0) is 0 Å². The molecule has 0 fully saturated rings. The highest BCUT2D eigenvalue weighted by Gasteiger charge is 2.18. The van der Waals surface area contributed by atoms with Gasteiger partial charge in [-0.05, 0) is 58.7 Å². The molecular weight excluding hydrogens is 352 g/mol. The van der Waals surface area contributed by atoms with Crippen LogP contribution in [0.5, 0.6) is 0 Å². The Hall–Kier alpha value is -3.39. The van der Waals surface area contributed by atoms with Gasteiger partial charge in [-0.1, -0.05) is 72.8 Å². The number of hydrogen-bond donors (Lipinski definition) is 0. The molecule has 1 aromatic heterocycles. The van der Waals surface area contributed by atoms with Gasteiger partial charge in [-0.3, -0.25) is 0 Å². The summed E-state index contributed by atoms with van der Waals surface area (Å²) in [6.07, 6.45) is 6.58. The summed E-state index contributed by atoms with van der Waals surface area (Å²) in [5.41, 5.74) is 2.65. The van der Waals surface area contributed by atoms with Gasteiger partial charge in [-0.15, -0.1) is 0 Å². The minimum absolute atomic E-state index is 0.282. The van der Waals surface area contributed by atoms with E-state index in [2.05, 4.69) is 127 Å². The molecule has 2 atom stereocenters. The first-order valence-corrected chi connectivity index (χ1v) is 10.2. The van der Waals surface area contributed by atoms with Crippen molar-refractivity contribution in [1.82, 2.24) is 4.57 Å². The molecule has 142 valence electrons. The van der Waals surface area contributed by atoms with Crippen LogP contribution >= 0.6 is 0 Å². The van der Waals surface area contributed by atoms with Crippen LogP contribution in [0, 0.1) is 0 Å². The van der Waals surface area contributed by atoms with Crippen LogP contribution in [0.4, 0.5) is 0 Å². The quantitative estimate of drug-likeness (QED) is 0.325. The molecule has 0 aliphatic heterocycles. The van der Waals surface area contributed by atoms with Crippen LogP contribution in [0.3, 0.4) is 0 Å². The lowest BCUT2D eigenvalue weighted by Crippen LogP contribution is -2.36. The number of hydrogen-bond acceptors (Lipinski definition) is 0. The molecule has 5 rings (SSSR count). The van der Waals surface area contributed by atoms with E-state index in [9.17, 15) is 0 Å². The van der Waals surface area contributed by atoms with Crippen molar-refractivity contribution in [2.75, 3.05) is 0 Å². The molecular formula is C27H25N2+. The van der Waals surface area contributed by atoms with Crippen molar-refractivity contribution >= 4 is 21.5 Å². The number of benzene rings is 4. The highest BCUT2D eigenvalue weighted by molar-refractivity contribution is 5.83. The van der Waals surface area contributed by atoms with Crippen molar-refractivity contribution in [3.05, 3.63) is 115 Å². The molecule has 0 amide bonds. The lowest BCUT2D eigenvalue weighted by atomic mass is 10.0. The fraction of sp³-hybridized carbons (Fsp3) is 0.148. The number of rotatable bonds is 4. The predicted molar refractivity (Wildman–Crippen MR) is 120 cm³/mol. The van der Waals surface area contributed by atoms with Crippen molar-refractivity contribution in [2.24, 2.45) is 0 Å². The van der Waals surface area contributed by atoms with E-state index in [1.807, 2.05) is 0 Å². The van der Waals surface area contributed by atoms with E-state index >= 15 is 0 Å². The van der Waals surface area contributed by atoms with Gasteiger partial charge in [0, 0.05) is 0 Å². The second-order valence-electron chi connectivity index (χ2n) is 7.87. The Bertz CT molecular complexity index is 1200. The van der Waals surface area contributed by atoms with E-state index in [0.29, 0.717) is 0 Å². The molecule has 0 radical (unpaired) electrons. The van der Waals surface area contributed by atoms with E-state index in [4.69, 9.17) is 0 Å². The molecule has 0 aliphatic carbocycles. The molecule has 29 heavy (non-hydrogen) atoms. The average molecular weight is 378 g/mol. The third-order valence-electron chi connectivity index (χ3n) is 6.08. The maximum absolute atomic E-state index is 2.30. The van der Waals surface area contributed by atoms with Gasteiger partial charge in [-0.2, -0.15) is 0 Å². The van der Waals surface area contributed by atoms with Crippen LogP contribution in [0.1, 0.15) is 37.1 Å². The monoisotopic (exact) mass is 377 g/mol.